The Morgan fingerprint density at radius 3 is 2.72 bits per heavy atom. The Bertz CT molecular complexity index is 1450. The fraction of sp³-hybridized carbons (Fsp3) is 0.370. The number of benzene rings is 1. The summed E-state index contributed by atoms with van der Waals surface area (Å²) in [5, 5.41) is 13.1. The molecule has 0 bridgehead atoms. The monoisotopic (exact) mass is 567 g/mol. The van der Waals surface area contributed by atoms with E-state index in [2.05, 4.69) is 15.0 Å². The Labute approximate surface area is 235 Å². The molecule has 1 aliphatic carbocycles. The van der Waals surface area contributed by atoms with Gasteiger partial charge in [0.05, 0.1) is 27.9 Å². The molecule has 1 saturated carbocycles. The van der Waals surface area contributed by atoms with Crippen LogP contribution in [0.4, 0.5) is 10.6 Å². The first-order valence-corrected chi connectivity index (χ1v) is 14.1. The molecule has 1 fully saturated rings. The first-order valence-electron chi connectivity index (χ1n) is 12.9. The molecule has 3 heterocycles. The van der Waals surface area contributed by atoms with Crippen molar-refractivity contribution in [2.45, 2.75) is 32.2 Å². The molecule has 0 spiro atoms. The number of anilines is 1. The summed E-state index contributed by atoms with van der Waals surface area (Å²) in [7, 11) is 3.87. The molecule has 4 aromatic rings. The van der Waals surface area contributed by atoms with Crippen LogP contribution < -0.4 is 15.4 Å². The lowest BCUT2D eigenvalue weighted by atomic mass is 10.1. The summed E-state index contributed by atoms with van der Waals surface area (Å²) in [6.45, 7) is 1.89. The molecule has 12 heteroatoms. The van der Waals surface area contributed by atoms with Crippen LogP contribution in [0.5, 0.6) is 5.75 Å². The van der Waals surface area contributed by atoms with Gasteiger partial charge in [-0.15, -0.1) is 0 Å². The number of hydrogen-bond acceptors (Lipinski definition) is 8. The number of rotatable bonds is 11. The van der Waals surface area contributed by atoms with E-state index in [-0.39, 0.29) is 5.91 Å². The fourth-order valence-electron chi connectivity index (χ4n) is 4.16. The van der Waals surface area contributed by atoms with Gasteiger partial charge in [0.2, 0.25) is 0 Å². The standard InChI is InChI=1S/C27H30ClN7O3S/c1-34(2)13-11-29-27(37)38-20-9-7-18(8-10-20)23-22(28)14-21-24(32-26(36)19-15-30-39-16-19)33-35(25(21)31-23)12-3-4-17-5-6-17/h7-10,14-17H,3-6,11-13H2,1-2H3,(H,29,37)(H,32,33,36). The van der Waals surface area contributed by atoms with Crippen LogP contribution in [0.2, 0.25) is 5.02 Å². The van der Waals surface area contributed by atoms with E-state index < -0.39 is 6.09 Å². The summed E-state index contributed by atoms with van der Waals surface area (Å²) in [6.07, 6.45) is 5.74. The van der Waals surface area contributed by atoms with Crippen LogP contribution in [0.15, 0.2) is 41.9 Å². The van der Waals surface area contributed by atoms with Gasteiger partial charge in [0.15, 0.2) is 11.5 Å². The van der Waals surface area contributed by atoms with Gasteiger partial charge in [-0.1, -0.05) is 24.4 Å². The molecule has 1 aliphatic rings. The lowest BCUT2D eigenvalue weighted by Crippen LogP contribution is -2.33. The van der Waals surface area contributed by atoms with E-state index >= 15 is 0 Å². The summed E-state index contributed by atoms with van der Waals surface area (Å²) in [6, 6.07) is 8.81. The van der Waals surface area contributed by atoms with Gasteiger partial charge in [-0.2, -0.15) is 5.10 Å². The normalized spacial score (nSPS) is 13.1. The van der Waals surface area contributed by atoms with Crippen molar-refractivity contribution in [1.82, 2.24) is 29.4 Å². The number of halogens is 1. The topological polar surface area (TPSA) is 114 Å². The Balaban J connectivity index is 1.37. The van der Waals surface area contributed by atoms with Crippen molar-refractivity contribution in [3.8, 4) is 17.0 Å². The Morgan fingerprint density at radius 2 is 2.03 bits per heavy atom. The lowest BCUT2D eigenvalue weighted by Gasteiger charge is -2.11. The third-order valence-corrected chi connectivity index (χ3v) is 7.32. The molecule has 39 heavy (non-hydrogen) atoms. The van der Waals surface area contributed by atoms with E-state index in [0.717, 1.165) is 24.3 Å². The Morgan fingerprint density at radius 1 is 1.23 bits per heavy atom. The number of aryl methyl sites for hydroxylation is 1. The Kier molecular flexibility index (Phi) is 8.39. The van der Waals surface area contributed by atoms with Gasteiger partial charge in [0.25, 0.3) is 5.91 Å². The van der Waals surface area contributed by atoms with Crippen LogP contribution >= 0.6 is 23.1 Å². The zero-order valence-corrected chi connectivity index (χ0v) is 23.4. The van der Waals surface area contributed by atoms with E-state index in [1.165, 1.54) is 30.6 Å². The molecule has 3 aromatic heterocycles. The smallest absolute Gasteiger partial charge is 0.410 e. The number of hydrogen-bond donors (Lipinski definition) is 2. The minimum absolute atomic E-state index is 0.283. The highest BCUT2D eigenvalue weighted by Crippen LogP contribution is 2.35. The second-order valence-electron chi connectivity index (χ2n) is 9.86. The Hall–Kier alpha value is -3.54. The quantitative estimate of drug-likeness (QED) is 0.253. The number of ether oxygens (including phenoxy) is 1. The van der Waals surface area contributed by atoms with Crippen molar-refractivity contribution in [1.29, 1.82) is 0 Å². The molecule has 0 atom stereocenters. The lowest BCUT2D eigenvalue weighted by molar-refractivity contribution is 0.102. The van der Waals surface area contributed by atoms with E-state index in [1.807, 2.05) is 35.8 Å². The van der Waals surface area contributed by atoms with Gasteiger partial charge >= 0.3 is 6.09 Å². The molecule has 5 rings (SSSR count). The average molecular weight is 568 g/mol. The maximum absolute atomic E-state index is 12.7. The molecule has 2 amide bonds. The second-order valence-corrected chi connectivity index (χ2v) is 10.9. The largest absolute Gasteiger partial charge is 0.412 e. The molecule has 1 aromatic carbocycles. The summed E-state index contributed by atoms with van der Waals surface area (Å²) < 4.78 is 11.2. The third kappa shape index (κ3) is 6.92. The van der Waals surface area contributed by atoms with Gasteiger partial charge in [-0.3, -0.25) is 4.79 Å². The number of aromatic nitrogens is 4. The van der Waals surface area contributed by atoms with E-state index in [9.17, 15) is 9.59 Å². The maximum atomic E-state index is 12.7. The minimum atomic E-state index is -0.509. The number of amides is 2. The van der Waals surface area contributed by atoms with Gasteiger partial charge in [0, 0.05) is 30.6 Å². The van der Waals surface area contributed by atoms with Crippen LogP contribution in [0, 0.1) is 5.92 Å². The molecule has 0 aliphatic heterocycles. The SMILES string of the molecule is CN(C)CCNC(=O)Oc1ccc(-c2nc3c(cc2Cl)c(NC(=O)c2cnsc2)nn3CCCC2CC2)cc1. The first-order chi connectivity index (χ1) is 18.9. The first kappa shape index (κ1) is 27.0. The van der Waals surface area contributed by atoms with Crippen LogP contribution in [0.25, 0.3) is 22.3 Å². The predicted molar refractivity (Wildman–Crippen MR) is 153 cm³/mol. The van der Waals surface area contributed by atoms with Crippen molar-refractivity contribution in [2.24, 2.45) is 5.92 Å². The maximum Gasteiger partial charge on any atom is 0.412 e. The van der Waals surface area contributed by atoms with Crippen LogP contribution in [0.1, 0.15) is 36.0 Å². The van der Waals surface area contributed by atoms with Crippen molar-refractivity contribution in [3.63, 3.8) is 0 Å². The summed E-state index contributed by atoms with van der Waals surface area (Å²) in [4.78, 5) is 31.6. The van der Waals surface area contributed by atoms with Crippen molar-refractivity contribution in [3.05, 3.63) is 52.5 Å². The highest BCUT2D eigenvalue weighted by molar-refractivity contribution is 7.03. The van der Waals surface area contributed by atoms with E-state index in [1.54, 1.807) is 23.6 Å². The van der Waals surface area contributed by atoms with Crippen LogP contribution in [0.3, 0.4) is 0 Å². The fourth-order valence-corrected chi connectivity index (χ4v) is 4.94. The van der Waals surface area contributed by atoms with Gasteiger partial charge in [0.1, 0.15) is 5.75 Å². The molecule has 10 nitrogen and oxygen atoms in total. The minimum Gasteiger partial charge on any atom is -0.410 e. The summed E-state index contributed by atoms with van der Waals surface area (Å²) in [5.41, 5.74) is 2.46. The number of carbonyl (C=O) groups excluding carboxylic acids is 2. The number of nitrogens with zero attached hydrogens (tertiary/aromatic N) is 5. The summed E-state index contributed by atoms with van der Waals surface area (Å²) >= 11 is 7.91. The summed E-state index contributed by atoms with van der Waals surface area (Å²) in [5.74, 6) is 1.36. The van der Waals surface area contributed by atoms with Crippen LogP contribution in [-0.4, -0.2) is 63.2 Å². The van der Waals surface area contributed by atoms with Gasteiger partial charge in [-0.05, 0) is 74.7 Å². The molecule has 204 valence electrons. The number of pyridine rings is 1. The zero-order chi connectivity index (χ0) is 27.4. The molecule has 0 radical (unpaired) electrons. The van der Waals surface area contributed by atoms with Crippen molar-refractivity contribution < 1.29 is 14.3 Å². The molecular formula is C27H30ClN7O3S. The van der Waals surface area contributed by atoms with Gasteiger partial charge < -0.3 is 20.3 Å². The zero-order valence-electron chi connectivity index (χ0n) is 21.8. The third-order valence-electron chi connectivity index (χ3n) is 6.45. The molecule has 2 N–H and O–H groups in total. The van der Waals surface area contributed by atoms with Crippen LogP contribution in [-0.2, 0) is 6.54 Å². The highest BCUT2D eigenvalue weighted by Gasteiger charge is 2.22. The number of carbonyl (C=O) groups is 2. The van der Waals surface area contributed by atoms with Crippen molar-refractivity contribution in [2.75, 3.05) is 32.5 Å². The van der Waals surface area contributed by atoms with Crippen molar-refractivity contribution >= 4 is 52.0 Å². The van der Waals surface area contributed by atoms with E-state index in [4.69, 9.17) is 26.4 Å². The van der Waals surface area contributed by atoms with E-state index in [0.29, 0.717) is 58.5 Å². The number of fused-ring (bicyclic) bond motifs is 1. The number of nitrogens with one attached hydrogen (secondary N) is 2. The molecule has 0 saturated heterocycles. The van der Waals surface area contributed by atoms with Gasteiger partial charge in [-0.25, -0.2) is 18.8 Å². The highest BCUT2D eigenvalue weighted by atomic mass is 35.5. The molecular weight excluding hydrogens is 538 g/mol. The molecule has 0 unspecified atom stereocenters. The number of likely N-dealkylation sites (N-methyl/N-ethyl adjacent to an activating group) is 1. The second kappa shape index (κ2) is 12.1. The average Bonchev–Trinajstić information content (AvgIpc) is 3.44. The predicted octanol–water partition coefficient (Wildman–Crippen LogP) is 5.30.